The summed E-state index contributed by atoms with van der Waals surface area (Å²) in [6.07, 6.45) is 0. The molecule has 0 aromatic heterocycles. The van der Waals surface area contributed by atoms with E-state index in [4.69, 9.17) is 32.7 Å². The largest absolute Gasteiger partial charge is 0.375 e. The van der Waals surface area contributed by atoms with Gasteiger partial charge in [-0.25, -0.2) is 0 Å². The first-order chi connectivity index (χ1) is 23.6. The highest BCUT2D eigenvalue weighted by molar-refractivity contribution is 6.33. The molecule has 2 aliphatic rings. The van der Waals surface area contributed by atoms with Crippen LogP contribution in [0, 0.1) is 0 Å². The molecule has 2 fully saturated rings. The van der Waals surface area contributed by atoms with Gasteiger partial charge in [0.25, 0.3) is 0 Å². The van der Waals surface area contributed by atoms with Gasteiger partial charge in [-0.15, -0.1) is 0 Å². The van der Waals surface area contributed by atoms with Gasteiger partial charge in [0, 0.05) is 52.4 Å². The average Bonchev–Trinajstić information content (AvgIpc) is 3.13. The first kappa shape index (κ1) is 34.4. The summed E-state index contributed by atoms with van der Waals surface area (Å²) in [5.41, 5.74) is 4.24. The molecular weight excluding hydrogens is 643 g/mol. The minimum Gasteiger partial charge on any atom is -0.375 e. The van der Waals surface area contributed by atoms with E-state index in [2.05, 4.69) is 56.0 Å². The van der Waals surface area contributed by atoms with Crippen molar-refractivity contribution in [3.8, 4) is 0 Å². The molecule has 0 amide bonds. The molecule has 4 aromatic rings. The number of hydrogen-bond donors (Lipinski definition) is 0. The third-order valence-electron chi connectivity index (χ3n) is 9.33. The van der Waals surface area contributed by atoms with E-state index in [1.54, 1.807) is 0 Å². The van der Waals surface area contributed by atoms with Crippen molar-refractivity contribution in [1.82, 2.24) is 9.80 Å². The fraction of sp³-hybridized carbons (Fsp3) is 0.359. The molecule has 2 unspecified atom stereocenters. The maximum Gasteiger partial charge on any atom is 0.171 e. The molecule has 48 heavy (non-hydrogen) atoms. The van der Waals surface area contributed by atoms with E-state index in [1.807, 2.05) is 72.8 Å². The second-order valence-corrected chi connectivity index (χ2v) is 13.2. The van der Waals surface area contributed by atoms with E-state index in [9.17, 15) is 4.79 Å². The second kappa shape index (κ2) is 17.3. The van der Waals surface area contributed by atoms with E-state index in [0.717, 1.165) is 84.9 Å². The molecule has 2 aliphatic heterocycles. The summed E-state index contributed by atoms with van der Waals surface area (Å²) < 4.78 is 12.6. The molecule has 6 rings (SSSR count). The number of carbonyl (C=O) groups is 1. The predicted octanol–water partition coefficient (Wildman–Crippen LogP) is 6.68. The van der Waals surface area contributed by atoms with Gasteiger partial charge in [0.2, 0.25) is 0 Å². The summed E-state index contributed by atoms with van der Waals surface area (Å²) >= 11 is 13.1. The number of carbonyl (C=O) groups excluding carboxylic acids is 1. The standard InChI is InChI=1S/C39H44Cl2N4O3/c40-33-15-7-9-17-35(33)42-19-23-44(24-20-42)37(29-47-27-31-11-3-1-4-12-31)39(46)38(30-48-28-32-13-5-2-6-14-32)45-25-21-43(22-26-45)36-18-10-8-16-34(36)41/h1-18,37-38H,19-30H2. The van der Waals surface area contributed by atoms with E-state index >= 15 is 0 Å². The van der Waals surface area contributed by atoms with Gasteiger partial charge in [0.15, 0.2) is 5.78 Å². The number of anilines is 2. The maximum absolute atomic E-state index is 14.8. The number of ether oxygens (including phenoxy) is 2. The highest BCUT2D eigenvalue weighted by atomic mass is 35.5. The Morgan fingerprint density at radius 1 is 0.521 bits per heavy atom. The average molecular weight is 688 g/mol. The number of rotatable bonds is 14. The van der Waals surface area contributed by atoms with E-state index in [1.165, 1.54) is 0 Å². The molecule has 0 aliphatic carbocycles. The van der Waals surface area contributed by atoms with Gasteiger partial charge in [-0.05, 0) is 35.4 Å². The molecule has 0 bridgehead atoms. The lowest BCUT2D eigenvalue weighted by atomic mass is 10.0. The molecule has 0 radical (unpaired) electrons. The lowest BCUT2D eigenvalue weighted by Crippen LogP contribution is -2.61. The molecule has 9 heteroatoms. The molecule has 0 saturated carbocycles. The Labute approximate surface area is 294 Å². The van der Waals surface area contributed by atoms with Crippen LogP contribution in [0.15, 0.2) is 109 Å². The molecule has 0 spiro atoms. The van der Waals surface area contributed by atoms with Crippen LogP contribution < -0.4 is 9.80 Å². The van der Waals surface area contributed by atoms with Crippen molar-refractivity contribution < 1.29 is 14.3 Å². The van der Waals surface area contributed by atoms with Crippen molar-refractivity contribution in [3.05, 3.63) is 130 Å². The van der Waals surface area contributed by atoms with Crippen molar-refractivity contribution in [2.75, 3.05) is 75.4 Å². The Balaban J connectivity index is 1.19. The fourth-order valence-corrected chi connectivity index (χ4v) is 7.16. The number of nitrogens with zero attached hydrogens (tertiary/aromatic N) is 4. The van der Waals surface area contributed by atoms with Crippen LogP contribution >= 0.6 is 23.2 Å². The Bertz CT molecular complexity index is 1460. The number of benzene rings is 4. The van der Waals surface area contributed by atoms with Gasteiger partial charge in [-0.1, -0.05) is 108 Å². The predicted molar refractivity (Wildman–Crippen MR) is 195 cm³/mol. The number of ketones is 1. The van der Waals surface area contributed by atoms with Crippen LogP contribution in [0.2, 0.25) is 10.0 Å². The quantitative estimate of drug-likeness (QED) is 0.147. The molecule has 0 N–H and O–H groups in total. The van der Waals surface area contributed by atoms with Crippen LogP contribution in [0.4, 0.5) is 11.4 Å². The highest BCUT2D eigenvalue weighted by Gasteiger charge is 2.38. The normalized spacial score (nSPS) is 17.3. The minimum absolute atomic E-state index is 0.147. The zero-order valence-corrected chi connectivity index (χ0v) is 28.8. The lowest BCUT2D eigenvalue weighted by molar-refractivity contribution is -0.135. The van der Waals surface area contributed by atoms with Crippen molar-refractivity contribution in [3.63, 3.8) is 0 Å². The lowest BCUT2D eigenvalue weighted by Gasteiger charge is -2.43. The summed E-state index contributed by atoms with van der Waals surface area (Å²) in [5.74, 6) is 0.147. The van der Waals surface area contributed by atoms with Crippen LogP contribution in [0.5, 0.6) is 0 Å². The first-order valence-corrected chi connectivity index (χ1v) is 17.6. The maximum atomic E-state index is 14.8. The van der Waals surface area contributed by atoms with Crippen LogP contribution in [0.3, 0.4) is 0 Å². The number of Topliss-reactive ketones (excluding diaryl/α,β-unsaturated/α-hetero) is 1. The smallest absolute Gasteiger partial charge is 0.171 e. The minimum atomic E-state index is -0.408. The molecular formula is C39H44Cl2N4O3. The van der Waals surface area contributed by atoms with E-state index in [0.29, 0.717) is 26.4 Å². The Morgan fingerprint density at radius 2 is 0.875 bits per heavy atom. The Hall–Kier alpha value is -3.43. The zero-order valence-electron chi connectivity index (χ0n) is 27.3. The molecule has 2 atom stereocenters. The van der Waals surface area contributed by atoms with Crippen LogP contribution in [-0.4, -0.2) is 93.2 Å². The van der Waals surface area contributed by atoms with Gasteiger partial charge in [-0.3, -0.25) is 14.6 Å². The molecule has 4 aromatic carbocycles. The molecule has 2 saturated heterocycles. The topological polar surface area (TPSA) is 48.5 Å². The second-order valence-electron chi connectivity index (χ2n) is 12.4. The summed E-state index contributed by atoms with van der Waals surface area (Å²) in [6.45, 7) is 7.56. The van der Waals surface area contributed by atoms with E-state index < -0.39 is 12.1 Å². The molecule has 252 valence electrons. The van der Waals surface area contributed by atoms with Gasteiger partial charge in [0.1, 0.15) is 0 Å². The van der Waals surface area contributed by atoms with Crippen LogP contribution in [0.1, 0.15) is 11.1 Å². The highest BCUT2D eigenvalue weighted by Crippen LogP contribution is 2.28. The molecule has 7 nitrogen and oxygen atoms in total. The van der Waals surface area contributed by atoms with Crippen molar-refractivity contribution in [1.29, 1.82) is 0 Å². The van der Waals surface area contributed by atoms with Crippen molar-refractivity contribution in [2.45, 2.75) is 25.3 Å². The molecule has 2 heterocycles. The Morgan fingerprint density at radius 3 is 1.25 bits per heavy atom. The van der Waals surface area contributed by atoms with Gasteiger partial charge < -0.3 is 19.3 Å². The summed E-state index contributed by atoms with van der Waals surface area (Å²) in [5, 5.41) is 1.49. The third kappa shape index (κ3) is 8.97. The summed E-state index contributed by atoms with van der Waals surface area (Å²) in [6, 6.07) is 35.4. The first-order valence-electron chi connectivity index (χ1n) is 16.8. The zero-order chi connectivity index (χ0) is 33.1. The number of para-hydroxylation sites is 2. The van der Waals surface area contributed by atoms with Gasteiger partial charge in [0.05, 0.1) is 59.9 Å². The third-order valence-corrected chi connectivity index (χ3v) is 9.97. The van der Waals surface area contributed by atoms with Crippen molar-refractivity contribution in [2.24, 2.45) is 0 Å². The van der Waals surface area contributed by atoms with Gasteiger partial charge in [-0.2, -0.15) is 0 Å². The van der Waals surface area contributed by atoms with Crippen LogP contribution in [-0.2, 0) is 27.5 Å². The fourth-order valence-electron chi connectivity index (χ4n) is 6.65. The van der Waals surface area contributed by atoms with Crippen molar-refractivity contribution >= 4 is 40.4 Å². The van der Waals surface area contributed by atoms with E-state index in [-0.39, 0.29) is 5.78 Å². The van der Waals surface area contributed by atoms with Gasteiger partial charge >= 0.3 is 0 Å². The number of piperazine rings is 2. The number of halogens is 2. The monoisotopic (exact) mass is 686 g/mol. The Kier molecular flexibility index (Phi) is 12.4. The number of hydrogen-bond acceptors (Lipinski definition) is 7. The van der Waals surface area contributed by atoms with Crippen LogP contribution in [0.25, 0.3) is 0 Å². The summed E-state index contributed by atoms with van der Waals surface area (Å²) in [4.78, 5) is 24.0. The SMILES string of the molecule is O=C(C(COCc1ccccc1)N1CCN(c2ccccc2Cl)CC1)C(COCc1ccccc1)N1CCN(c2ccccc2Cl)CC1. The summed E-state index contributed by atoms with van der Waals surface area (Å²) in [7, 11) is 0.